The summed E-state index contributed by atoms with van der Waals surface area (Å²) in [6.45, 7) is 4.09. The van der Waals surface area contributed by atoms with Gasteiger partial charge in [0.1, 0.15) is 11.6 Å². The Morgan fingerprint density at radius 3 is 2.73 bits per heavy atom. The van der Waals surface area contributed by atoms with Crippen molar-refractivity contribution in [2.75, 3.05) is 38.1 Å². The molecule has 134 valence electrons. The zero-order chi connectivity index (χ0) is 17.9. The second-order valence-corrected chi connectivity index (χ2v) is 6.45. The molecule has 0 atom stereocenters. The van der Waals surface area contributed by atoms with Crippen molar-refractivity contribution < 1.29 is 8.91 Å². The summed E-state index contributed by atoms with van der Waals surface area (Å²) in [5.74, 6) is 1.13. The number of rotatable bonds is 3. The van der Waals surface area contributed by atoms with E-state index < -0.39 is 0 Å². The van der Waals surface area contributed by atoms with Crippen molar-refractivity contribution in [2.24, 2.45) is 0 Å². The van der Waals surface area contributed by atoms with Crippen molar-refractivity contribution in [3.8, 4) is 22.8 Å². The molecule has 0 aliphatic carbocycles. The van der Waals surface area contributed by atoms with Gasteiger partial charge >= 0.3 is 0 Å². The lowest BCUT2D eigenvalue weighted by Gasteiger charge is -2.21. The highest BCUT2D eigenvalue weighted by molar-refractivity contribution is 5.60. The first-order valence-corrected chi connectivity index (χ1v) is 8.69. The Hall–Kier alpha value is -2.80. The third-order valence-electron chi connectivity index (χ3n) is 4.58. The summed E-state index contributed by atoms with van der Waals surface area (Å²) in [5, 5.41) is 3.89. The molecule has 1 aliphatic heterocycles. The molecule has 0 radical (unpaired) electrons. The van der Waals surface area contributed by atoms with Gasteiger partial charge in [0.2, 0.25) is 5.82 Å². The maximum atomic E-state index is 13.9. The molecule has 7 heteroatoms. The Morgan fingerprint density at radius 1 is 1.04 bits per heavy atom. The zero-order valence-electron chi connectivity index (χ0n) is 14.6. The molecular formula is C19H20FN5O. The van der Waals surface area contributed by atoms with Crippen LogP contribution in [-0.4, -0.2) is 53.3 Å². The standard InChI is InChI=1S/C19H20FN5O/c1-24-9-4-10-25(12-11-24)17-8-7-14(13-21-17)19-22-18(23-26-19)15-5-2-3-6-16(15)20/h2-3,5-8,13H,4,9-12H2,1H3. The summed E-state index contributed by atoms with van der Waals surface area (Å²) < 4.78 is 19.2. The SMILES string of the molecule is CN1CCCN(c2ccc(-c3nc(-c4ccccc4F)no3)cn2)CC1. The highest BCUT2D eigenvalue weighted by atomic mass is 19.1. The lowest BCUT2D eigenvalue weighted by molar-refractivity contribution is 0.360. The largest absolute Gasteiger partial charge is 0.355 e. The van der Waals surface area contributed by atoms with E-state index in [1.807, 2.05) is 12.1 Å². The van der Waals surface area contributed by atoms with E-state index in [4.69, 9.17) is 4.52 Å². The molecule has 3 heterocycles. The number of likely N-dealkylation sites (N-methyl/N-ethyl adjacent to an activating group) is 1. The number of anilines is 1. The second kappa shape index (κ2) is 7.21. The van der Waals surface area contributed by atoms with Crippen molar-refractivity contribution in [2.45, 2.75) is 6.42 Å². The Labute approximate surface area is 151 Å². The summed E-state index contributed by atoms with van der Waals surface area (Å²) in [6, 6.07) is 10.2. The van der Waals surface area contributed by atoms with Crippen molar-refractivity contribution in [3.63, 3.8) is 0 Å². The molecule has 6 nitrogen and oxygen atoms in total. The van der Waals surface area contributed by atoms with Crippen molar-refractivity contribution in [1.82, 2.24) is 20.0 Å². The van der Waals surface area contributed by atoms with Gasteiger partial charge in [0.25, 0.3) is 5.89 Å². The molecule has 0 saturated carbocycles. The van der Waals surface area contributed by atoms with E-state index in [-0.39, 0.29) is 11.6 Å². The van der Waals surface area contributed by atoms with Crippen LogP contribution < -0.4 is 4.90 Å². The fourth-order valence-corrected chi connectivity index (χ4v) is 3.07. The van der Waals surface area contributed by atoms with Crippen LogP contribution in [0.15, 0.2) is 47.1 Å². The number of nitrogens with zero attached hydrogens (tertiary/aromatic N) is 5. The van der Waals surface area contributed by atoms with Crippen LogP contribution in [-0.2, 0) is 0 Å². The van der Waals surface area contributed by atoms with Crippen molar-refractivity contribution in [3.05, 3.63) is 48.4 Å². The molecule has 1 aromatic carbocycles. The number of benzene rings is 1. The highest BCUT2D eigenvalue weighted by Crippen LogP contribution is 2.24. The lowest BCUT2D eigenvalue weighted by atomic mass is 10.2. The summed E-state index contributed by atoms with van der Waals surface area (Å²) in [6.07, 6.45) is 2.85. The first-order valence-electron chi connectivity index (χ1n) is 8.69. The van der Waals surface area contributed by atoms with Gasteiger partial charge in [-0.25, -0.2) is 9.37 Å². The molecule has 0 bridgehead atoms. The van der Waals surface area contributed by atoms with E-state index in [9.17, 15) is 4.39 Å². The smallest absolute Gasteiger partial charge is 0.259 e. The topological polar surface area (TPSA) is 58.3 Å². The first kappa shape index (κ1) is 16.7. The monoisotopic (exact) mass is 353 g/mol. The molecule has 0 unspecified atom stereocenters. The van der Waals surface area contributed by atoms with Crippen LogP contribution in [0.2, 0.25) is 0 Å². The Morgan fingerprint density at radius 2 is 1.92 bits per heavy atom. The molecule has 3 aromatic rings. The minimum absolute atomic E-state index is 0.234. The number of halogens is 1. The van der Waals surface area contributed by atoms with Gasteiger partial charge < -0.3 is 14.3 Å². The predicted molar refractivity (Wildman–Crippen MR) is 97.3 cm³/mol. The molecule has 0 amide bonds. The summed E-state index contributed by atoms with van der Waals surface area (Å²) in [7, 11) is 2.14. The normalized spacial score (nSPS) is 15.8. The Kier molecular flexibility index (Phi) is 4.62. The van der Waals surface area contributed by atoms with Crippen molar-refractivity contribution >= 4 is 5.82 Å². The molecule has 1 aliphatic rings. The number of hydrogen-bond acceptors (Lipinski definition) is 6. The van der Waals surface area contributed by atoms with Crippen molar-refractivity contribution in [1.29, 1.82) is 0 Å². The van der Waals surface area contributed by atoms with Gasteiger partial charge in [-0.3, -0.25) is 0 Å². The van der Waals surface area contributed by atoms with E-state index in [0.717, 1.165) is 44.0 Å². The molecule has 4 rings (SSSR count). The van der Waals surface area contributed by atoms with E-state index >= 15 is 0 Å². The first-order chi connectivity index (χ1) is 12.7. The second-order valence-electron chi connectivity index (χ2n) is 6.45. The average Bonchev–Trinajstić information content (AvgIpc) is 3.05. The van der Waals surface area contributed by atoms with E-state index in [2.05, 4.69) is 32.0 Å². The summed E-state index contributed by atoms with van der Waals surface area (Å²) in [5.41, 5.74) is 1.04. The van der Waals surface area contributed by atoms with Crippen LogP contribution >= 0.6 is 0 Å². The molecule has 26 heavy (non-hydrogen) atoms. The van der Waals surface area contributed by atoms with E-state index in [0.29, 0.717) is 11.5 Å². The number of pyridine rings is 1. The van der Waals surface area contributed by atoms with Gasteiger partial charge in [0.15, 0.2) is 0 Å². The molecular weight excluding hydrogens is 333 g/mol. The van der Waals surface area contributed by atoms with Crippen LogP contribution in [0.25, 0.3) is 22.8 Å². The highest BCUT2D eigenvalue weighted by Gasteiger charge is 2.16. The van der Waals surface area contributed by atoms with E-state index in [1.165, 1.54) is 6.07 Å². The maximum absolute atomic E-state index is 13.9. The van der Waals surface area contributed by atoms with Crippen LogP contribution in [0.5, 0.6) is 0 Å². The zero-order valence-corrected chi connectivity index (χ0v) is 14.6. The molecule has 0 N–H and O–H groups in total. The van der Waals surface area contributed by atoms with E-state index in [1.54, 1.807) is 24.4 Å². The van der Waals surface area contributed by atoms with Crippen LogP contribution in [0.4, 0.5) is 10.2 Å². The van der Waals surface area contributed by atoms with Crippen LogP contribution in [0, 0.1) is 5.82 Å². The number of hydrogen-bond donors (Lipinski definition) is 0. The maximum Gasteiger partial charge on any atom is 0.259 e. The van der Waals surface area contributed by atoms with Gasteiger partial charge in [0, 0.05) is 25.8 Å². The van der Waals surface area contributed by atoms with Gasteiger partial charge in [-0.15, -0.1) is 0 Å². The summed E-state index contributed by atoms with van der Waals surface area (Å²) >= 11 is 0. The van der Waals surface area contributed by atoms with Gasteiger partial charge in [0.05, 0.1) is 11.1 Å². The quantitative estimate of drug-likeness (QED) is 0.721. The predicted octanol–water partition coefficient (Wildman–Crippen LogP) is 3.08. The minimum Gasteiger partial charge on any atom is -0.355 e. The third kappa shape index (κ3) is 3.43. The number of aromatic nitrogens is 3. The van der Waals surface area contributed by atoms with Gasteiger partial charge in [-0.1, -0.05) is 17.3 Å². The third-order valence-corrected chi connectivity index (χ3v) is 4.58. The lowest BCUT2D eigenvalue weighted by Crippen LogP contribution is -2.29. The Bertz CT molecular complexity index is 880. The van der Waals surface area contributed by atoms with Crippen LogP contribution in [0.1, 0.15) is 6.42 Å². The fraction of sp³-hybridized carbons (Fsp3) is 0.316. The fourth-order valence-electron chi connectivity index (χ4n) is 3.07. The van der Waals surface area contributed by atoms with Crippen LogP contribution in [0.3, 0.4) is 0 Å². The molecule has 0 spiro atoms. The molecule has 1 fully saturated rings. The summed E-state index contributed by atoms with van der Waals surface area (Å²) in [4.78, 5) is 13.5. The van der Waals surface area contributed by atoms with Gasteiger partial charge in [-0.2, -0.15) is 4.98 Å². The average molecular weight is 353 g/mol. The molecule has 2 aromatic heterocycles. The molecule has 1 saturated heterocycles. The van der Waals surface area contributed by atoms with Gasteiger partial charge in [-0.05, 0) is 44.3 Å². The minimum atomic E-state index is -0.376. The Balaban J connectivity index is 1.53.